The van der Waals surface area contributed by atoms with Crippen LogP contribution in [0, 0.1) is 0 Å². The van der Waals surface area contributed by atoms with Gasteiger partial charge in [-0.3, -0.25) is 4.79 Å². The SMILES string of the molecule is COCCC(C)(O)CNC(=O)CSc1nncn1C1CC1. The number of aliphatic hydroxyl groups is 1. The fourth-order valence-corrected chi connectivity index (χ4v) is 2.63. The van der Waals surface area contributed by atoms with Gasteiger partial charge in [-0.05, 0) is 19.8 Å². The Bertz CT molecular complexity index is 474. The third-order valence-electron chi connectivity index (χ3n) is 3.32. The molecule has 1 aliphatic carbocycles. The lowest BCUT2D eigenvalue weighted by molar-refractivity contribution is -0.119. The largest absolute Gasteiger partial charge is 0.388 e. The van der Waals surface area contributed by atoms with E-state index in [1.165, 1.54) is 11.8 Å². The van der Waals surface area contributed by atoms with Gasteiger partial charge >= 0.3 is 0 Å². The maximum atomic E-state index is 11.8. The highest BCUT2D eigenvalue weighted by Gasteiger charge is 2.26. The molecule has 1 aromatic heterocycles. The number of methoxy groups -OCH3 is 1. The molecule has 0 aromatic carbocycles. The molecule has 0 aliphatic heterocycles. The lowest BCUT2D eigenvalue weighted by atomic mass is 10.0. The number of thioether (sulfide) groups is 1. The third kappa shape index (κ3) is 5.29. The Morgan fingerprint density at radius 1 is 1.67 bits per heavy atom. The summed E-state index contributed by atoms with van der Waals surface area (Å²) in [5.74, 6) is 0.147. The Kier molecular flexibility index (Phi) is 5.60. The predicted molar refractivity (Wildman–Crippen MR) is 79.1 cm³/mol. The maximum Gasteiger partial charge on any atom is 0.230 e. The number of amides is 1. The number of carbonyl (C=O) groups excluding carboxylic acids is 1. The van der Waals surface area contributed by atoms with E-state index in [-0.39, 0.29) is 18.2 Å². The van der Waals surface area contributed by atoms with Crippen LogP contribution in [-0.4, -0.2) is 57.4 Å². The summed E-state index contributed by atoms with van der Waals surface area (Å²) in [7, 11) is 1.58. The summed E-state index contributed by atoms with van der Waals surface area (Å²) in [6, 6.07) is 0.500. The molecule has 0 saturated heterocycles. The van der Waals surface area contributed by atoms with E-state index in [0.29, 0.717) is 19.1 Å². The summed E-state index contributed by atoms with van der Waals surface area (Å²) in [4.78, 5) is 11.8. The van der Waals surface area contributed by atoms with Gasteiger partial charge in [0, 0.05) is 32.7 Å². The molecule has 0 spiro atoms. The van der Waals surface area contributed by atoms with Gasteiger partial charge in [-0.25, -0.2) is 0 Å². The van der Waals surface area contributed by atoms with E-state index in [4.69, 9.17) is 4.74 Å². The Morgan fingerprint density at radius 3 is 3.10 bits per heavy atom. The number of ether oxygens (including phenoxy) is 1. The van der Waals surface area contributed by atoms with E-state index in [1.54, 1.807) is 20.4 Å². The Morgan fingerprint density at radius 2 is 2.43 bits per heavy atom. The quantitative estimate of drug-likeness (QED) is 0.649. The zero-order valence-corrected chi connectivity index (χ0v) is 13.2. The van der Waals surface area contributed by atoms with Crippen LogP contribution in [0.5, 0.6) is 0 Å². The van der Waals surface area contributed by atoms with E-state index < -0.39 is 5.60 Å². The summed E-state index contributed by atoms with van der Waals surface area (Å²) in [6.45, 7) is 2.36. The van der Waals surface area contributed by atoms with Crippen LogP contribution in [0.1, 0.15) is 32.2 Å². The van der Waals surface area contributed by atoms with Crippen molar-refractivity contribution in [2.75, 3.05) is 26.0 Å². The molecule has 7 nitrogen and oxygen atoms in total. The van der Waals surface area contributed by atoms with Crippen LogP contribution < -0.4 is 5.32 Å². The average molecular weight is 314 g/mol. The van der Waals surface area contributed by atoms with Gasteiger partial charge in [-0.2, -0.15) is 0 Å². The van der Waals surface area contributed by atoms with Crippen LogP contribution in [0.15, 0.2) is 11.5 Å². The molecule has 8 heteroatoms. The highest BCUT2D eigenvalue weighted by Crippen LogP contribution is 2.37. The van der Waals surface area contributed by atoms with Gasteiger partial charge in [0.05, 0.1) is 11.4 Å². The molecule has 1 saturated carbocycles. The average Bonchev–Trinajstić information content (AvgIpc) is 3.19. The molecule has 21 heavy (non-hydrogen) atoms. The summed E-state index contributed by atoms with van der Waals surface area (Å²) in [6.07, 6.45) is 4.50. The van der Waals surface area contributed by atoms with Crippen LogP contribution in [0.2, 0.25) is 0 Å². The van der Waals surface area contributed by atoms with Gasteiger partial charge in [0.25, 0.3) is 0 Å². The van der Waals surface area contributed by atoms with Crippen molar-refractivity contribution in [1.82, 2.24) is 20.1 Å². The first-order chi connectivity index (χ1) is 10.0. The minimum absolute atomic E-state index is 0.122. The van der Waals surface area contributed by atoms with Gasteiger partial charge in [0.2, 0.25) is 5.91 Å². The molecule has 1 aliphatic rings. The second-order valence-corrected chi connectivity index (χ2v) is 6.50. The fraction of sp³-hybridized carbons (Fsp3) is 0.769. The smallest absolute Gasteiger partial charge is 0.230 e. The Balaban J connectivity index is 1.71. The molecule has 2 rings (SSSR count). The molecule has 1 atom stereocenters. The van der Waals surface area contributed by atoms with Crippen LogP contribution in [0.4, 0.5) is 0 Å². The van der Waals surface area contributed by atoms with Crippen molar-refractivity contribution < 1.29 is 14.6 Å². The number of nitrogens with zero attached hydrogens (tertiary/aromatic N) is 3. The van der Waals surface area contributed by atoms with Crippen molar-refractivity contribution >= 4 is 17.7 Å². The molecule has 1 heterocycles. The van der Waals surface area contributed by atoms with E-state index in [0.717, 1.165) is 18.0 Å². The topological polar surface area (TPSA) is 89.3 Å². The van der Waals surface area contributed by atoms with E-state index in [2.05, 4.69) is 15.5 Å². The second-order valence-electron chi connectivity index (χ2n) is 5.56. The minimum atomic E-state index is -0.954. The molecule has 1 fully saturated rings. The van der Waals surface area contributed by atoms with Gasteiger partial charge in [0.15, 0.2) is 5.16 Å². The van der Waals surface area contributed by atoms with Crippen molar-refractivity contribution in [3.63, 3.8) is 0 Å². The van der Waals surface area contributed by atoms with Crippen molar-refractivity contribution in [1.29, 1.82) is 0 Å². The highest BCUT2D eigenvalue weighted by atomic mass is 32.2. The van der Waals surface area contributed by atoms with E-state index in [1.807, 2.05) is 4.57 Å². The van der Waals surface area contributed by atoms with Gasteiger partial charge in [-0.15, -0.1) is 10.2 Å². The summed E-state index contributed by atoms with van der Waals surface area (Å²) < 4.78 is 6.95. The first kappa shape index (κ1) is 16.3. The highest BCUT2D eigenvalue weighted by molar-refractivity contribution is 7.99. The predicted octanol–water partition coefficient (Wildman–Crippen LogP) is 0.609. The van der Waals surface area contributed by atoms with Crippen LogP contribution in [0.25, 0.3) is 0 Å². The van der Waals surface area contributed by atoms with Crippen molar-refractivity contribution in [2.24, 2.45) is 0 Å². The summed E-state index contributed by atoms with van der Waals surface area (Å²) >= 11 is 1.37. The minimum Gasteiger partial charge on any atom is -0.388 e. The van der Waals surface area contributed by atoms with E-state index in [9.17, 15) is 9.90 Å². The Labute approximate surface area is 128 Å². The number of carbonyl (C=O) groups is 1. The zero-order valence-electron chi connectivity index (χ0n) is 12.4. The van der Waals surface area contributed by atoms with Gasteiger partial charge in [-0.1, -0.05) is 11.8 Å². The van der Waals surface area contributed by atoms with Gasteiger partial charge < -0.3 is 19.7 Å². The van der Waals surface area contributed by atoms with Crippen molar-refractivity contribution in [3.05, 3.63) is 6.33 Å². The molecule has 1 aromatic rings. The molecule has 0 radical (unpaired) electrons. The lowest BCUT2D eigenvalue weighted by Crippen LogP contribution is -2.42. The summed E-state index contributed by atoms with van der Waals surface area (Å²) in [5.41, 5.74) is -0.954. The van der Waals surface area contributed by atoms with E-state index >= 15 is 0 Å². The monoisotopic (exact) mass is 314 g/mol. The maximum absolute atomic E-state index is 11.8. The number of hydrogen-bond acceptors (Lipinski definition) is 6. The van der Waals surface area contributed by atoms with Crippen molar-refractivity contribution in [2.45, 2.75) is 43.0 Å². The number of hydrogen-bond donors (Lipinski definition) is 2. The van der Waals surface area contributed by atoms with Crippen LogP contribution in [-0.2, 0) is 9.53 Å². The first-order valence-electron chi connectivity index (χ1n) is 7.02. The van der Waals surface area contributed by atoms with Crippen molar-refractivity contribution in [3.8, 4) is 0 Å². The first-order valence-corrected chi connectivity index (χ1v) is 8.01. The number of aromatic nitrogens is 3. The standard InChI is InChI=1S/C13H22N4O3S/c1-13(19,5-6-20-2)8-14-11(18)7-21-12-16-15-9-17(12)10-3-4-10/h9-10,19H,3-8H2,1-2H3,(H,14,18). The van der Waals surface area contributed by atoms with Crippen LogP contribution in [0.3, 0.4) is 0 Å². The molecule has 0 bridgehead atoms. The third-order valence-corrected chi connectivity index (χ3v) is 4.28. The summed E-state index contributed by atoms with van der Waals surface area (Å²) in [5, 5.41) is 21.5. The molecule has 1 amide bonds. The second kappa shape index (κ2) is 7.24. The molecule has 118 valence electrons. The molecule has 1 unspecified atom stereocenters. The fourth-order valence-electron chi connectivity index (χ4n) is 1.82. The van der Waals surface area contributed by atoms with Gasteiger partial charge in [0.1, 0.15) is 6.33 Å². The van der Waals surface area contributed by atoms with Crippen LogP contribution >= 0.6 is 11.8 Å². The number of nitrogens with one attached hydrogen (secondary N) is 1. The number of rotatable bonds is 9. The Hall–Kier alpha value is -1.12. The zero-order chi connectivity index (χ0) is 15.3. The molecular weight excluding hydrogens is 292 g/mol. The lowest BCUT2D eigenvalue weighted by Gasteiger charge is -2.23. The molecular formula is C13H22N4O3S. The molecule has 2 N–H and O–H groups in total. The normalized spacial score (nSPS) is 17.5.